The molecule has 10 heteroatoms. The van der Waals surface area contributed by atoms with Crippen LogP contribution in [0.2, 0.25) is 30.2 Å². The van der Waals surface area contributed by atoms with Gasteiger partial charge in [-0.25, -0.2) is 4.39 Å². The van der Waals surface area contributed by atoms with E-state index in [0.717, 1.165) is 24.6 Å². The Morgan fingerprint density at radius 2 is 1.60 bits per heavy atom. The van der Waals surface area contributed by atoms with Crippen LogP contribution in [0.25, 0.3) is 0 Å². The van der Waals surface area contributed by atoms with Crippen molar-refractivity contribution in [1.29, 1.82) is 0 Å². The molecule has 0 aliphatic rings. The Kier molecular flexibility index (Phi) is 11.3. The molecule has 0 nitrogen and oxygen atoms in total. The fraction of sp³-hybridized carbons (Fsp3) is 0.600. The second-order valence-corrected chi connectivity index (χ2v) is 26.1. The third kappa shape index (κ3) is 10.6. The molecule has 0 aliphatic carbocycles. The van der Waals surface area contributed by atoms with Gasteiger partial charge in [-0.2, -0.15) is 0 Å². The minimum atomic E-state index is -2.47. The van der Waals surface area contributed by atoms with Gasteiger partial charge in [0.1, 0.15) is 5.82 Å². The van der Waals surface area contributed by atoms with E-state index in [4.69, 9.17) is 67.5 Å². The SMILES string of the molecule is CC(C[Si](Cl)(Cl)CCC[Si](Cl)(Cl)CC[SiH2]C(Cl)Cl)c1ccccc1F. The van der Waals surface area contributed by atoms with Crippen molar-refractivity contribution in [2.24, 2.45) is 0 Å². The second kappa shape index (κ2) is 11.5. The average Bonchev–Trinajstić information content (AvgIpc) is 2.45. The molecule has 0 aromatic heterocycles. The van der Waals surface area contributed by atoms with Crippen LogP contribution in [0.3, 0.4) is 0 Å². The van der Waals surface area contributed by atoms with Crippen LogP contribution in [0.15, 0.2) is 24.3 Å². The summed E-state index contributed by atoms with van der Waals surface area (Å²) in [5.41, 5.74) is 0.667. The van der Waals surface area contributed by atoms with Crippen molar-refractivity contribution >= 4 is 90.4 Å². The molecule has 0 fully saturated rings. The molecule has 0 saturated carbocycles. The quantitative estimate of drug-likeness (QED) is 0.161. The van der Waals surface area contributed by atoms with E-state index in [-0.39, 0.29) is 16.2 Å². The van der Waals surface area contributed by atoms with Crippen molar-refractivity contribution in [2.75, 3.05) is 0 Å². The van der Waals surface area contributed by atoms with Gasteiger partial charge in [0.15, 0.2) is 0 Å². The van der Waals surface area contributed by atoms with Crippen LogP contribution < -0.4 is 0 Å². The third-order valence-corrected chi connectivity index (χ3v) is 16.1. The summed E-state index contributed by atoms with van der Waals surface area (Å²) in [5.74, 6) is -0.214. The lowest BCUT2D eigenvalue weighted by Gasteiger charge is -2.23. The van der Waals surface area contributed by atoms with Crippen molar-refractivity contribution in [3.63, 3.8) is 0 Å². The van der Waals surface area contributed by atoms with Gasteiger partial charge in [-0.3, -0.25) is 0 Å². The molecule has 1 aromatic rings. The predicted molar refractivity (Wildman–Crippen MR) is 122 cm³/mol. The summed E-state index contributed by atoms with van der Waals surface area (Å²) < 4.78 is 13.7. The molecule has 0 spiro atoms. The first-order chi connectivity index (χ1) is 11.5. The Morgan fingerprint density at radius 3 is 2.20 bits per heavy atom. The first-order valence-corrected chi connectivity index (χ1v) is 19.9. The van der Waals surface area contributed by atoms with Gasteiger partial charge >= 0.3 is 0 Å². The smallest absolute Gasteiger partial charge is 0.207 e. The number of alkyl halides is 2. The Morgan fingerprint density at radius 1 is 1.00 bits per heavy atom. The average molecular weight is 519 g/mol. The van der Waals surface area contributed by atoms with E-state index in [1.165, 1.54) is 6.07 Å². The van der Waals surface area contributed by atoms with Gasteiger partial charge in [-0.1, -0.05) is 37.6 Å². The molecule has 144 valence electrons. The van der Waals surface area contributed by atoms with E-state index >= 15 is 0 Å². The highest BCUT2D eigenvalue weighted by Crippen LogP contribution is 2.38. The molecule has 1 atom stereocenters. The maximum absolute atomic E-state index is 13.9. The van der Waals surface area contributed by atoms with Gasteiger partial charge in [0.05, 0.1) is 14.0 Å². The van der Waals surface area contributed by atoms with Gasteiger partial charge in [-0.05, 0) is 41.7 Å². The molecule has 25 heavy (non-hydrogen) atoms. The fourth-order valence-corrected chi connectivity index (χ4v) is 15.6. The first kappa shape index (κ1) is 24.6. The van der Waals surface area contributed by atoms with E-state index in [1.807, 2.05) is 13.0 Å². The standard InChI is InChI=1S/C15H23Cl6FSi3/c1-12(13-5-2-3-6-14(13)22)11-25(20,21)9-4-8-24(18,19)10-7-23-15(16)17/h2-3,5-6,12,15H,4,7-11,23H2,1H3. The van der Waals surface area contributed by atoms with Gasteiger partial charge in [-0.15, -0.1) is 67.5 Å². The molecule has 0 saturated heterocycles. The molecule has 1 rings (SSSR count). The lowest BCUT2D eigenvalue weighted by molar-refractivity contribution is 0.597. The minimum Gasteiger partial charge on any atom is -0.207 e. The molecular weight excluding hydrogens is 496 g/mol. The summed E-state index contributed by atoms with van der Waals surface area (Å²) in [6, 6.07) is 10.7. The van der Waals surface area contributed by atoms with Gasteiger partial charge < -0.3 is 0 Å². The van der Waals surface area contributed by atoms with E-state index in [2.05, 4.69) is 0 Å². The van der Waals surface area contributed by atoms with Gasteiger partial charge in [0, 0.05) is 0 Å². The highest BCUT2D eigenvalue weighted by Gasteiger charge is 2.34. The van der Waals surface area contributed by atoms with Crippen molar-refractivity contribution in [2.45, 2.75) is 53.9 Å². The predicted octanol–water partition coefficient (Wildman–Crippen LogP) is 7.51. The van der Waals surface area contributed by atoms with Crippen LogP contribution in [0.4, 0.5) is 4.39 Å². The van der Waals surface area contributed by atoms with Crippen LogP contribution in [0, 0.1) is 5.82 Å². The largest absolute Gasteiger partial charge is 0.251 e. The zero-order valence-electron chi connectivity index (χ0n) is 14.1. The molecule has 0 N–H and O–H groups in total. The topological polar surface area (TPSA) is 0 Å². The lowest BCUT2D eigenvalue weighted by Crippen LogP contribution is -2.24. The zero-order valence-corrected chi connectivity index (χ0v) is 22.0. The van der Waals surface area contributed by atoms with Crippen molar-refractivity contribution < 1.29 is 4.39 Å². The fourth-order valence-electron chi connectivity index (χ4n) is 2.78. The van der Waals surface area contributed by atoms with Crippen LogP contribution in [0.5, 0.6) is 0 Å². The molecule has 0 heterocycles. The summed E-state index contributed by atoms with van der Waals surface area (Å²) in [6.45, 7) is -2.78. The molecule has 0 amide bonds. The Labute approximate surface area is 183 Å². The van der Waals surface area contributed by atoms with Crippen molar-refractivity contribution in [1.82, 2.24) is 0 Å². The molecule has 0 radical (unpaired) electrons. The minimum absolute atomic E-state index is 0.00718. The summed E-state index contributed by atoms with van der Waals surface area (Å²) >= 11 is 37.7. The number of rotatable bonds is 11. The summed E-state index contributed by atoms with van der Waals surface area (Å²) in [5, 5.41) is 0. The van der Waals surface area contributed by atoms with Crippen LogP contribution >= 0.6 is 67.5 Å². The summed E-state index contributed by atoms with van der Waals surface area (Å²) in [6.07, 6.45) is 0.815. The summed E-state index contributed by atoms with van der Waals surface area (Å²) in [7, 11) is -0.515. The Balaban J connectivity index is 2.43. The number of halogens is 7. The first-order valence-electron chi connectivity index (χ1n) is 8.31. The highest BCUT2D eigenvalue weighted by atomic mass is 35.7. The number of benzene rings is 1. The van der Waals surface area contributed by atoms with Crippen molar-refractivity contribution in [3.8, 4) is 0 Å². The van der Waals surface area contributed by atoms with E-state index in [0.29, 0.717) is 17.7 Å². The van der Waals surface area contributed by atoms with Crippen LogP contribution in [-0.4, -0.2) is 27.4 Å². The van der Waals surface area contributed by atoms with Crippen LogP contribution in [0.1, 0.15) is 24.8 Å². The zero-order chi connectivity index (χ0) is 19.1. The van der Waals surface area contributed by atoms with E-state index in [9.17, 15) is 4.39 Å². The van der Waals surface area contributed by atoms with E-state index in [1.54, 1.807) is 12.1 Å². The van der Waals surface area contributed by atoms with Crippen LogP contribution in [-0.2, 0) is 0 Å². The molecular formula is C15H23Cl6FSi3. The normalized spacial score (nSPS) is 14.6. The van der Waals surface area contributed by atoms with Crippen molar-refractivity contribution in [3.05, 3.63) is 35.6 Å². The third-order valence-electron chi connectivity index (χ3n) is 4.09. The second-order valence-electron chi connectivity index (χ2n) is 6.48. The molecule has 1 unspecified atom stereocenters. The van der Waals surface area contributed by atoms with E-state index < -0.39 is 22.9 Å². The number of hydrogen-bond donors (Lipinski definition) is 0. The van der Waals surface area contributed by atoms with Gasteiger partial charge in [0.25, 0.3) is 13.4 Å². The lowest BCUT2D eigenvalue weighted by atomic mass is 10.0. The molecule has 0 bridgehead atoms. The summed E-state index contributed by atoms with van der Waals surface area (Å²) in [4.78, 5) is 0. The highest BCUT2D eigenvalue weighted by molar-refractivity contribution is 7.46. The Bertz CT molecular complexity index is 530. The molecule has 0 aliphatic heterocycles. The monoisotopic (exact) mass is 516 g/mol. The Hall–Kier alpha value is 1.54. The van der Waals surface area contributed by atoms with Gasteiger partial charge in [0.2, 0.25) is 0 Å². The molecule has 1 aromatic carbocycles. The number of hydrogen-bond acceptors (Lipinski definition) is 0. The maximum Gasteiger partial charge on any atom is 0.251 e. The maximum atomic E-state index is 13.9.